The first-order valence-electron chi connectivity index (χ1n) is 14.8. The molecule has 2 aromatic rings. The molecule has 3 heterocycles. The van der Waals surface area contributed by atoms with Crippen LogP contribution in [0.2, 0.25) is 0 Å². The molecule has 43 heavy (non-hydrogen) atoms. The summed E-state index contributed by atoms with van der Waals surface area (Å²) in [6.45, 7) is 6.76. The largest absolute Gasteiger partial charge is 0.394 e. The topological polar surface area (TPSA) is 156 Å². The van der Waals surface area contributed by atoms with E-state index in [9.17, 15) is 14.4 Å². The number of hydrogen-bond acceptors (Lipinski definition) is 6. The Morgan fingerprint density at radius 2 is 1.65 bits per heavy atom. The summed E-state index contributed by atoms with van der Waals surface area (Å²) in [5.41, 5.74) is 2.70. The summed E-state index contributed by atoms with van der Waals surface area (Å²) in [6.07, 6.45) is 4.59. The first kappa shape index (κ1) is 32.6. The lowest BCUT2D eigenvalue weighted by molar-refractivity contribution is -0.138. The summed E-state index contributed by atoms with van der Waals surface area (Å²) < 4.78 is 31.6. The molecule has 234 valence electrons. The molecule has 3 aliphatic rings. The molecule has 0 radical (unpaired) electrons. The third-order valence-corrected chi connectivity index (χ3v) is 8.58. The third kappa shape index (κ3) is 8.41. The number of piperidine rings is 2. The van der Waals surface area contributed by atoms with Gasteiger partial charge in [-0.1, -0.05) is 48.5 Å². The first-order valence-corrected chi connectivity index (χ1v) is 16.2. The van der Waals surface area contributed by atoms with E-state index in [2.05, 4.69) is 22.8 Å². The van der Waals surface area contributed by atoms with Gasteiger partial charge >= 0.3 is 10.4 Å². The van der Waals surface area contributed by atoms with Crippen molar-refractivity contribution in [2.24, 2.45) is 5.92 Å². The van der Waals surface area contributed by atoms with Crippen molar-refractivity contribution in [3.63, 3.8) is 0 Å². The van der Waals surface area contributed by atoms with Crippen LogP contribution < -0.4 is 15.5 Å². The normalized spacial score (nSPS) is 20.9. The van der Waals surface area contributed by atoms with Crippen molar-refractivity contribution in [2.75, 3.05) is 31.1 Å². The Hall–Kier alpha value is -3.32. The zero-order chi connectivity index (χ0) is 31.2. The molecule has 0 bridgehead atoms. The Labute approximate surface area is 253 Å². The number of carbonyl (C=O) groups is 3. The van der Waals surface area contributed by atoms with Crippen molar-refractivity contribution in [3.05, 3.63) is 65.7 Å². The minimum absolute atomic E-state index is 0.00928. The van der Waals surface area contributed by atoms with Crippen molar-refractivity contribution in [2.45, 2.75) is 69.9 Å². The van der Waals surface area contributed by atoms with E-state index in [1.807, 2.05) is 66.1 Å². The number of amides is 3. The van der Waals surface area contributed by atoms with Crippen LogP contribution in [-0.2, 0) is 36.6 Å². The molecule has 11 nitrogen and oxygen atoms in total. The van der Waals surface area contributed by atoms with Gasteiger partial charge in [0.2, 0.25) is 17.7 Å². The van der Waals surface area contributed by atoms with Crippen LogP contribution in [0.15, 0.2) is 54.6 Å². The zero-order valence-corrected chi connectivity index (χ0v) is 25.6. The number of aryl methyl sites for hydroxylation is 1. The quantitative estimate of drug-likeness (QED) is 0.347. The predicted molar refractivity (Wildman–Crippen MR) is 163 cm³/mol. The molecule has 2 aromatic carbocycles. The highest BCUT2D eigenvalue weighted by molar-refractivity contribution is 7.79. The second kappa shape index (κ2) is 14.0. The maximum Gasteiger partial charge on any atom is 0.394 e. The maximum absolute atomic E-state index is 13.7. The molecule has 0 spiro atoms. The van der Waals surface area contributed by atoms with Gasteiger partial charge in [-0.15, -0.1) is 0 Å². The number of carbonyl (C=O) groups excluding carboxylic acids is 3. The second-order valence-corrected chi connectivity index (χ2v) is 12.8. The number of likely N-dealkylation sites (tertiary alicyclic amines) is 1. The molecule has 4 N–H and O–H groups in total. The van der Waals surface area contributed by atoms with Crippen LogP contribution >= 0.6 is 0 Å². The van der Waals surface area contributed by atoms with E-state index in [4.69, 9.17) is 17.5 Å². The molecule has 3 amide bonds. The Morgan fingerprint density at radius 3 is 2.28 bits per heavy atom. The number of anilines is 1. The smallest absolute Gasteiger partial charge is 0.344 e. The fourth-order valence-corrected chi connectivity index (χ4v) is 6.24. The standard InChI is InChI=1S/C31H40N4O3.H2O4S/c1-31(2)25-12-6-7-13-27(25)35(30(31)38)24-16-19-34(20-17-24)29(37)26(15-14-22-9-4-3-5-10-22)33-28(36)23-11-8-18-32-21-23;1-5(2,3)4/h3-7,9-10,12-13,23-24,26,32H,8,11,14-21H2,1-2H3,(H,33,36);(H2,1,2,3,4)/t23-,26?;/m1./s1. The number of hydrogen-bond donors (Lipinski definition) is 4. The van der Waals surface area contributed by atoms with Gasteiger partial charge in [0.15, 0.2) is 0 Å². The van der Waals surface area contributed by atoms with E-state index in [-0.39, 0.29) is 29.7 Å². The van der Waals surface area contributed by atoms with E-state index < -0.39 is 21.9 Å². The summed E-state index contributed by atoms with van der Waals surface area (Å²) in [7, 11) is -4.67. The van der Waals surface area contributed by atoms with Gasteiger partial charge in [-0.25, -0.2) is 0 Å². The van der Waals surface area contributed by atoms with Crippen molar-refractivity contribution in [3.8, 4) is 0 Å². The van der Waals surface area contributed by atoms with Gasteiger partial charge in [-0.05, 0) is 76.1 Å². The summed E-state index contributed by atoms with van der Waals surface area (Å²) in [5.74, 6) is 0.00802. The molecule has 2 fully saturated rings. The number of benzene rings is 2. The molecule has 2 atom stereocenters. The SMILES string of the molecule is CC1(C)C(=O)N(C2CCN(C(=O)C(CCc3ccccc3)NC(=O)[C@@H]3CCCNC3)CC2)c2ccccc21.O=S(=O)(O)O. The number of para-hydroxylation sites is 1. The van der Waals surface area contributed by atoms with Gasteiger partial charge in [0, 0.05) is 31.4 Å². The van der Waals surface area contributed by atoms with Gasteiger partial charge < -0.3 is 20.4 Å². The summed E-state index contributed by atoms with van der Waals surface area (Å²) in [4.78, 5) is 44.1. The second-order valence-electron chi connectivity index (χ2n) is 12.0. The molecule has 3 aliphatic heterocycles. The van der Waals surface area contributed by atoms with Gasteiger partial charge in [0.05, 0.1) is 11.3 Å². The number of nitrogens with zero attached hydrogens (tertiary/aromatic N) is 2. The Balaban J connectivity index is 0.000000782. The highest BCUT2D eigenvalue weighted by atomic mass is 32.3. The zero-order valence-electron chi connectivity index (χ0n) is 24.7. The third-order valence-electron chi connectivity index (χ3n) is 8.58. The molecule has 12 heteroatoms. The molecule has 0 saturated carbocycles. The molecule has 2 saturated heterocycles. The number of nitrogens with one attached hydrogen (secondary N) is 2. The molecular formula is C31H42N4O7S. The lowest BCUT2D eigenvalue weighted by atomic mass is 9.86. The van der Waals surface area contributed by atoms with Crippen LogP contribution in [-0.4, -0.2) is 78.4 Å². The average Bonchev–Trinajstić information content (AvgIpc) is 3.19. The Bertz CT molecular complexity index is 1380. The van der Waals surface area contributed by atoms with E-state index in [0.29, 0.717) is 26.1 Å². The average molecular weight is 615 g/mol. The van der Waals surface area contributed by atoms with Gasteiger partial charge in [-0.3, -0.25) is 23.5 Å². The lowest BCUT2D eigenvalue weighted by Gasteiger charge is -2.39. The van der Waals surface area contributed by atoms with Crippen molar-refractivity contribution in [1.82, 2.24) is 15.5 Å². The fourth-order valence-electron chi connectivity index (χ4n) is 6.24. The summed E-state index contributed by atoms with van der Waals surface area (Å²) in [6, 6.07) is 17.7. The summed E-state index contributed by atoms with van der Waals surface area (Å²) in [5, 5.41) is 6.42. The first-order chi connectivity index (χ1) is 20.4. The fraction of sp³-hybridized carbons (Fsp3) is 0.516. The van der Waals surface area contributed by atoms with E-state index >= 15 is 0 Å². The Morgan fingerprint density at radius 1 is 1.02 bits per heavy atom. The predicted octanol–water partition coefficient (Wildman–Crippen LogP) is 2.77. The molecular weight excluding hydrogens is 572 g/mol. The van der Waals surface area contributed by atoms with Crippen molar-refractivity contribution >= 4 is 33.8 Å². The minimum atomic E-state index is -4.67. The van der Waals surface area contributed by atoms with Crippen molar-refractivity contribution < 1.29 is 31.9 Å². The minimum Gasteiger partial charge on any atom is -0.344 e. The van der Waals surface area contributed by atoms with E-state index in [1.54, 1.807) is 0 Å². The van der Waals surface area contributed by atoms with E-state index in [0.717, 1.165) is 55.5 Å². The highest BCUT2D eigenvalue weighted by Gasteiger charge is 2.47. The van der Waals surface area contributed by atoms with Crippen LogP contribution in [0.3, 0.4) is 0 Å². The van der Waals surface area contributed by atoms with Gasteiger partial charge in [0.25, 0.3) is 0 Å². The van der Waals surface area contributed by atoms with Crippen LogP contribution in [0.1, 0.15) is 57.1 Å². The van der Waals surface area contributed by atoms with E-state index in [1.165, 1.54) is 0 Å². The van der Waals surface area contributed by atoms with Crippen LogP contribution in [0.25, 0.3) is 0 Å². The lowest BCUT2D eigenvalue weighted by Crippen LogP contribution is -2.55. The molecule has 5 rings (SSSR count). The Kier molecular flexibility index (Phi) is 10.6. The van der Waals surface area contributed by atoms with Crippen molar-refractivity contribution in [1.29, 1.82) is 0 Å². The molecule has 0 aromatic heterocycles. The van der Waals surface area contributed by atoms with Crippen LogP contribution in [0.5, 0.6) is 0 Å². The maximum atomic E-state index is 13.7. The number of rotatable bonds is 7. The van der Waals surface area contributed by atoms with Gasteiger partial charge in [-0.2, -0.15) is 8.42 Å². The van der Waals surface area contributed by atoms with Gasteiger partial charge in [0.1, 0.15) is 6.04 Å². The highest BCUT2D eigenvalue weighted by Crippen LogP contribution is 2.43. The molecule has 1 unspecified atom stereocenters. The number of fused-ring (bicyclic) bond motifs is 1. The summed E-state index contributed by atoms with van der Waals surface area (Å²) >= 11 is 0. The molecule has 0 aliphatic carbocycles. The van der Waals surface area contributed by atoms with Crippen LogP contribution in [0.4, 0.5) is 5.69 Å². The van der Waals surface area contributed by atoms with Crippen LogP contribution in [0, 0.1) is 5.92 Å². The monoisotopic (exact) mass is 614 g/mol.